The van der Waals surface area contributed by atoms with E-state index in [1.807, 2.05) is 0 Å². The zero-order valence-electron chi connectivity index (χ0n) is 22.9. The van der Waals surface area contributed by atoms with Gasteiger partial charge in [-0.15, -0.1) is 0 Å². The summed E-state index contributed by atoms with van der Waals surface area (Å²) in [5.74, 6) is -5.82. The zero-order chi connectivity index (χ0) is 31.3. The first-order chi connectivity index (χ1) is 19.2. The van der Waals surface area contributed by atoms with Crippen LogP contribution in [0, 0.1) is 0 Å². The number of carbonyl (C=O) groups excluding carboxylic acids is 5. The molecule has 1 aromatic rings. The molecule has 10 N–H and O–H groups in total. The predicted molar refractivity (Wildman–Crippen MR) is 149 cm³/mol. The minimum atomic E-state index is -1.53. The Hall–Kier alpha value is -3.73. The van der Waals surface area contributed by atoms with Gasteiger partial charge in [0.05, 0.1) is 18.8 Å². The van der Waals surface area contributed by atoms with Crippen molar-refractivity contribution in [1.82, 2.24) is 26.6 Å². The molecule has 1 aromatic carbocycles. The van der Waals surface area contributed by atoms with E-state index < -0.39 is 84.5 Å². The summed E-state index contributed by atoms with van der Waals surface area (Å²) in [5, 5.41) is 40.0. The van der Waals surface area contributed by atoms with Crippen LogP contribution in [0.1, 0.15) is 26.3 Å². The van der Waals surface area contributed by atoms with Gasteiger partial charge in [-0.2, -0.15) is 12.6 Å². The van der Waals surface area contributed by atoms with E-state index in [1.54, 1.807) is 30.3 Å². The molecule has 15 nitrogen and oxygen atoms in total. The average molecular weight is 599 g/mol. The van der Waals surface area contributed by atoms with Gasteiger partial charge < -0.3 is 47.6 Å². The molecule has 0 aliphatic heterocycles. The summed E-state index contributed by atoms with van der Waals surface area (Å²) in [6, 6.07) is 1.11. The van der Waals surface area contributed by atoms with Crippen molar-refractivity contribution in [2.24, 2.45) is 5.73 Å². The lowest BCUT2D eigenvalue weighted by molar-refractivity contribution is -0.141. The highest BCUT2D eigenvalue weighted by molar-refractivity contribution is 7.80. The molecule has 0 aliphatic rings. The number of carbonyl (C=O) groups is 6. The number of carboxylic acid groups (broad SMARTS) is 1. The highest BCUT2D eigenvalue weighted by atomic mass is 32.1. The Labute approximate surface area is 242 Å². The second-order valence-corrected chi connectivity index (χ2v) is 9.67. The largest absolute Gasteiger partial charge is 0.480 e. The molecule has 1 rings (SSSR count). The Morgan fingerprint density at radius 1 is 0.780 bits per heavy atom. The third kappa shape index (κ3) is 11.7. The van der Waals surface area contributed by atoms with E-state index in [9.17, 15) is 39.0 Å². The molecule has 0 spiro atoms. The number of hydrogen-bond acceptors (Lipinski definition) is 10. The fraction of sp³-hybridized carbons (Fsp3) is 0.520. The van der Waals surface area contributed by atoms with Gasteiger partial charge in [0, 0.05) is 5.75 Å². The molecule has 0 fully saturated rings. The maximum Gasteiger partial charge on any atom is 0.327 e. The highest BCUT2D eigenvalue weighted by Crippen LogP contribution is 2.03. The smallest absolute Gasteiger partial charge is 0.327 e. The molecule has 228 valence electrons. The van der Waals surface area contributed by atoms with E-state index in [0.29, 0.717) is 0 Å². The topological polar surface area (TPSA) is 249 Å². The molecule has 7 atom stereocenters. The second-order valence-electron chi connectivity index (χ2n) is 9.31. The maximum atomic E-state index is 12.8. The fourth-order valence-corrected chi connectivity index (χ4v) is 3.59. The van der Waals surface area contributed by atoms with Crippen molar-refractivity contribution in [3.05, 3.63) is 35.9 Å². The van der Waals surface area contributed by atoms with Gasteiger partial charge in [-0.3, -0.25) is 24.0 Å². The number of aliphatic carboxylic acids is 1. The number of benzene rings is 1. The standard InChI is InChI=1S/C25H38N6O9S/c1-12(21(35)30-18(11-41)25(39)40)27-23(37)17(10-32)29-20(34)13(2)28-24(38)19(14(3)33)31-22(36)16(26)9-15-7-5-4-6-8-15/h4-8,12-14,16-19,32-33,41H,9-11,26H2,1-3H3,(H,27,37)(H,28,38)(H,29,34)(H,30,35)(H,31,36)(H,39,40)/t12-,13-,14+,16-,17-,18-,19-/m0/s1. The van der Waals surface area contributed by atoms with Crippen LogP contribution in [-0.4, -0.2) is 106 Å². The van der Waals surface area contributed by atoms with Crippen molar-refractivity contribution in [3.8, 4) is 0 Å². The number of hydrogen-bond donors (Lipinski definition) is 10. The Bertz CT molecular complexity index is 1070. The van der Waals surface area contributed by atoms with Crippen LogP contribution >= 0.6 is 12.6 Å². The van der Waals surface area contributed by atoms with E-state index in [4.69, 9.17) is 10.8 Å². The number of rotatable bonds is 16. The predicted octanol–water partition coefficient (Wildman–Crippen LogP) is -3.59. The van der Waals surface area contributed by atoms with E-state index in [-0.39, 0.29) is 12.2 Å². The van der Waals surface area contributed by atoms with Crippen molar-refractivity contribution in [1.29, 1.82) is 0 Å². The molecule has 0 unspecified atom stereocenters. The monoisotopic (exact) mass is 598 g/mol. The van der Waals surface area contributed by atoms with Crippen LogP contribution in [0.25, 0.3) is 0 Å². The third-order valence-electron chi connectivity index (χ3n) is 5.81. The molecule has 0 aromatic heterocycles. The van der Waals surface area contributed by atoms with Gasteiger partial charge in [-0.1, -0.05) is 30.3 Å². The van der Waals surface area contributed by atoms with Gasteiger partial charge in [0.15, 0.2) is 0 Å². The molecule has 0 heterocycles. The molecule has 0 bridgehead atoms. The van der Waals surface area contributed by atoms with E-state index in [1.165, 1.54) is 20.8 Å². The Morgan fingerprint density at radius 2 is 1.29 bits per heavy atom. The SMILES string of the molecule is C[C@H](NC(=O)[C@H](CO)NC(=O)[C@H](C)NC(=O)[C@@H](NC(=O)[C@@H](N)Cc1ccccc1)[C@@H](C)O)C(=O)N[C@@H](CS)C(=O)O. The van der Waals surface area contributed by atoms with Gasteiger partial charge in [0.1, 0.15) is 30.2 Å². The first kappa shape index (κ1) is 35.3. The minimum Gasteiger partial charge on any atom is -0.480 e. The molecule has 16 heteroatoms. The summed E-state index contributed by atoms with van der Waals surface area (Å²) in [6.45, 7) is 2.92. The van der Waals surface area contributed by atoms with Crippen molar-refractivity contribution >= 4 is 48.1 Å². The van der Waals surface area contributed by atoms with Gasteiger partial charge >= 0.3 is 5.97 Å². The zero-order valence-corrected chi connectivity index (χ0v) is 23.8. The van der Waals surface area contributed by atoms with E-state index >= 15 is 0 Å². The maximum absolute atomic E-state index is 12.8. The molecule has 0 radical (unpaired) electrons. The summed E-state index contributed by atoms with van der Waals surface area (Å²) in [6.07, 6.45) is -1.18. The molecular formula is C25H38N6O9S. The molecule has 0 aliphatic carbocycles. The van der Waals surface area contributed by atoms with Crippen molar-refractivity contribution in [2.75, 3.05) is 12.4 Å². The quantitative estimate of drug-likeness (QED) is 0.0837. The van der Waals surface area contributed by atoms with Gasteiger partial charge in [0.25, 0.3) is 0 Å². The van der Waals surface area contributed by atoms with Crippen molar-refractivity contribution < 1.29 is 44.1 Å². The molecule has 41 heavy (non-hydrogen) atoms. The van der Waals surface area contributed by atoms with Crippen LogP contribution in [0.5, 0.6) is 0 Å². The number of thiol groups is 1. The van der Waals surface area contributed by atoms with Crippen LogP contribution in [0.15, 0.2) is 30.3 Å². The first-order valence-electron chi connectivity index (χ1n) is 12.7. The van der Waals surface area contributed by atoms with Gasteiger partial charge in [-0.05, 0) is 32.8 Å². The van der Waals surface area contributed by atoms with E-state index in [2.05, 4.69) is 39.2 Å². The number of nitrogens with one attached hydrogen (secondary N) is 5. The second kappa shape index (κ2) is 17.2. The summed E-state index contributed by atoms with van der Waals surface area (Å²) in [7, 11) is 0. The average Bonchev–Trinajstić information content (AvgIpc) is 2.92. The number of aliphatic hydroxyl groups is 2. The summed E-state index contributed by atoms with van der Waals surface area (Å²) >= 11 is 3.83. The summed E-state index contributed by atoms with van der Waals surface area (Å²) in [4.78, 5) is 73.6. The summed E-state index contributed by atoms with van der Waals surface area (Å²) in [5.41, 5.74) is 6.73. The highest BCUT2D eigenvalue weighted by Gasteiger charge is 2.31. The van der Waals surface area contributed by atoms with Crippen LogP contribution in [0.3, 0.4) is 0 Å². The Kier molecular flexibility index (Phi) is 14.8. The number of carboxylic acids is 1. The van der Waals surface area contributed by atoms with Crippen LogP contribution in [-0.2, 0) is 35.2 Å². The lowest BCUT2D eigenvalue weighted by Gasteiger charge is -2.25. The Balaban J connectivity index is 2.72. The molecule has 0 saturated carbocycles. The van der Waals surface area contributed by atoms with Crippen LogP contribution < -0.4 is 32.3 Å². The number of amides is 5. The third-order valence-corrected chi connectivity index (χ3v) is 6.18. The fourth-order valence-electron chi connectivity index (χ4n) is 3.35. The molecule has 0 saturated heterocycles. The van der Waals surface area contributed by atoms with Gasteiger partial charge in [0.2, 0.25) is 29.5 Å². The lowest BCUT2D eigenvalue weighted by Crippen LogP contribution is -2.60. The van der Waals surface area contributed by atoms with Crippen LogP contribution in [0.2, 0.25) is 0 Å². The first-order valence-corrected chi connectivity index (χ1v) is 13.3. The Morgan fingerprint density at radius 3 is 1.76 bits per heavy atom. The van der Waals surface area contributed by atoms with Crippen molar-refractivity contribution in [2.45, 2.75) is 69.5 Å². The van der Waals surface area contributed by atoms with E-state index in [0.717, 1.165) is 5.56 Å². The number of nitrogens with two attached hydrogens (primary N) is 1. The minimum absolute atomic E-state index is 0.180. The molecular weight excluding hydrogens is 560 g/mol. The summed E-state index contributed by atoms with van der Waals surface area (Å²) < 4.78 is 0. The normalized spacial score (nSPS) is 16.0. The molecule has 5 amide bonds. The van der Waals surface area contributed by atoms with Crippen LogP contribution in [0.4, 0.5) is 0 Å². The van der Waals surface area contributed by atoms with Gasteiger partial charge in [-0.25, -0.2) is 4.79 Å². The number of aliphatic hydroxyl groups excluding tert-OH is 2. The lowest BCUT2D eigenvalue weighted by atomic mass is 10.0. The van der Waals surface area contributed by atoms with Crippen molar-refractivity contribution in [3.63, 3.8) is 0 Å².